The molecule has 0 bridgehead atoms. The minimum Gasteiger partial charge on any atom is -0.452 e. The van der Waals surface area contributed by atoms with Gasteiger partial charge in [-0.05, 0) is 49.2 Å². The highest BCUT2D eigenvalue weighted by molar-refractivity contribution is 6.32. The molecule has 1 amide bonds. The van der Waals surface area contributed by atoms with E-state index in [1.54, 1.807) is 12.1 Å². The highest BCUT2D eigenvalue weighted by atomic mass is 35.5. The second kappa shape index (κ2) is 8.71. The number of hydrogen-bond donors (Lipinski definition) is 1. The van der Waals surface area contributed by atoms with E-state index in [-0.39, 0.29) is 10.6 Å². The minimum atomic E-state index is -0.848. The molecule has 146 valence electrons. The van der Waals surface area contributed by atoms with Crippen molar-refractivity contribution in [3.05, 3.63) is 63.2 Å². The Bertz CT molecular complexity index is 895. The number of carbonyl (C=O) groups is 2. The fourth-order valence-electron chi connectivity index (χ4n) is 2.92. The maximum absolute atomic E-state index is 12.0. The average molecular weight is 404 g/mol. The molecule has 2 aromatic rings. The van der Waals surface area contributed by atoms with Crippen LogP contribution in [0.2, 0.25) is 5.02 Å². The van der Waals surface area contributed by atoms with Gasteiger partial charge in [0.25, 0.3) is 11.6 Å². The molecule has 0 aromatic heterocycles. The van der Waals surface area contributed by atoms with Gasteiger partial charge in [0.15, 0.2) is 6.61 Å². The van der Waals surface area contributed by atoms with Crippen LogP contribution in [-0.2, 0) is 9.53 Å². The Morgan fingerprint density at radius 1 is 1.14 bits per heavy atom. The van der Waals surface area contributed by atoms with Crippen molar-refractivity contribution in [3.63, 3.8) is 0 Å². The molecule has 0 spiro atoms. The van der Waals surface area contributed by atoms with Crippen LogP contribution in [0.5, 0.6) is 0 Å². The second-order valence-corrected chi connectivity index (χ2v) is 6.70. The number of anilines is 2. The predicted octanol–water partition coefficient (Wildman–Crippen LogP) is 3.64. The molecule has 3 rings (SSSR count). The lowest BCUT2D eigenvalue weighted by Gasteiger charge is -2.17. The first-order valence-corrected chi connectivity index (χ1v) is 9.08. The Balaban J connectivity index is 1.53. The molecular formula is C19H18ClN3O5. The number of halogens is 1. The zero-order chi connectivity index (χ0) is 20.1. The number of nitro benzene ring substituents is 1. The average Bonchev–Trinajstić information content (AvgIpc) is 3.21. The third-order valence-electron chi connectivity index (χ3n) is 4.34. The third-order valence-corrected chi connectivity index (χ3v) is 4.65. The van der Waals surface area contributed by atoms with E-state index in [1.165, 1.54) is 25.0 Å². The van der Waals surface area contributed by atoms with E-state index >= 15 is 0 Å². The lowest BCUT2D eigenvalue weighted by molar-refractivity contribution is -0.384. The quantitative estimate of drug-likeness (QED) is 0.448. The van der Waals surface area contributed by atoms with Gasteiger partial charge in [0.05, 0.1) is 10.5 Å². The Kier molecular flexibility index (Phi) is 6.10. The molecule has 2 aromatic carbocycles. The number of benzene rings is 2. The Morgan fingerprint density at radius 3 is 2.46 bits per heavy atom. The fourth-order valence-corrected chi connectivity index (χ4v) is 3.11. The highest BCUT2D eigenvalue weighted by Crippen LogP contribution is 2.25. The molecule has 0 aliphatic carbocycles. The maximum atomic E-state index is 12.0. The zero-order valence-electron chi connectivity index (χ0n) is 14.9. The number of nitrogens with zero attached hydrogens (tertiary/aromatic N) is 2. The van der Waals surface area contributed by atoms with Crippen molar-refractivity contribution in [1.29, 1.82) is 0 Å². The Morgan fingerprint density at radius 2 is 1.82 bits per heavy atom. The smallest absolute Gasteiger partial charge is 0.338 e. The largest absolute Gasteiger partial charge is 0.452 e. The summed E-state index contributed by atoms with van der Waals surface area (Å²) >= 11 is 5.71. The Labute approximate surface area is 166 Å². The first-order chi connectivity index (χ1) is 13.4. The van der Waals surface area contributed by atoms with Crippen LogP contribution in [0.4, 0.5) is 17.1 Å². The molecule has 1 N–H and O–H groups in total. The number of ether oxygens (including phenoxy) is 1. The van der Waals surface area contributed by atoms with Crippen LogP contribution in [0, 0.1) is 10.1 Å². The van der Waals surface area contributed by atoms with Crippen LogP contribution in [0.25, 0.3) is 0 Å². The van der Waals surface area contributed by atoms with Gasteiger partial charge in [-0.3, -0.25) is 14.9 Å². The van der Waals surface area contributed by atoms with E-state index in [0.29, 0.717) is 5.69 Å². The van der Waals surface area contributed by atoms with Crippen LogP contribution in [-0.4, -0.2) is 36.5 Å². The summed E-state index contributed by atoms with van der Waals surface area (Å²) in [6, 6.07) is 11.0. The van der Waals surface area contributed by atoms with Crippen LogP contribution in [0.1, 0.15) is 23.2 Å². The van der Waals surface area contributed by atoms with E-state index < -0.39 is 29.1 Å². The standard InChI is InChI=1S/C19H18ClN3O5/c20-16-8-3-13(11-17(16)23(26)27)19(25)28-12-18(24)21-14-4-6-15(7-5-14)22-9-1-2-10-22/h3-8,11H,1-2,9-10,12H2,(H,21,24). The van der Waals surface area contributed by atoms with Gasteiger partial charge >= 0.3 is 5.97 Å². The van der Waals surface area contributed by atoms with Gasteiger partial charge in [0, 0.05) is 30.5 Å². The summed E-state index contributed by atoms with van der Waals surface area (Å²) in [4.78, 5) is 36.5. The van der Waals surface area contributed by atoms with Crippen molar-refractivity contribution >= 4 is 40.5 Å². The van der Waals surface area contributed by atoms with Gasteiger partial charge in [-0.15, -0.1) is 0 Å². The number of carbonyl (C=O) groups excluding carboxylic acids is 2. The molecule has 1 aliphatic heterocycles. The Hall–Kier alpha value is -3.13. The van der Waals surface area contributed by atoms with Gasteiger partial charge < -0.3 is 15.0 Å². The van der Waals surface area contributed by atoms with E-state index in [2.05, 4.69) is 10.2 Å². The lowest BCUT2D eigenvalue weighted by atomic mass is 10.2. The third kappa shape index (κ3) is 4.77. The molecule has 9 heteroatoms. The van der Waals surface area contributed by atoms with Gasteiger partial charge in [-0.2, -0.15) is 0 Å². The number of esters is 1. The van der Waals surface area contributed by atoms with Crippen LogP contribution in [0.15, 0.2) is 42.5 Å². The molecule has 0 atom stereocenters. The molecular weight excluding hydrogens is 386 g/mol. The first-order valence-electron chi connectivity index (χ1n) is 8.70. The van der Waals surface area contributed by atoms with Gasteiger partial charge in [-0.1, -0.05) is 11.6 Å². The summed E-state index contributed by atoms with van der Waals surface area (Å²) in [5.41, 5.74) is 1.23. The van der Waals surface area contributed by atoms with Crippen molar-refractivity contribution in [1.82, 2.24) is 0 Å². The van der Waals surface area contributed by atoms with Gasteiger partial charge in [-0.25, -0.2) is 4.79 Å². The summed E-state index contributed by atoms with van der Waals surface area (Å²) in [7, 11) is 0. The van der Waals surface area contributed by atoms with Crippen molar-refractivity contribution in [2.24, 2.45) is 0 Å². The molecule has 0 radical (unpaired) electrons. The van der Waals surface area contributed by atoms with E-state index in [4.69, 9.17) is 16.3 Å². The number of nitrogens with one attached hydrogen (secondary N) is 1. The predicted molar refractivity (Wildman–Crippen MR) is 105 cm³/mol. The number of nitro groups is 1. The normalized spacial score (nSPS) is 13.2. The fraction of sp³-hybridized carbons (Fsp3) is 0.263. The molecule has 1 aliphatic rings. The lowest BCUT2D eigenvalue weighted by Crippen LogP contribution is -2.21. The molecule has 0 saturated carbocycles. The van der Waals surface area contributed by atoms with Crippen molar-refractivity contribution in [2.75, 3.05) is 29.9 Å². The zero-order valence-corrected chi connectivity index (χ0v) is 15.6. The van der Waals surface area contributed by atoms with E-state index in [0.717, 1.165) is 24.8 Å². The number of hydrogen-bond acceptors (Lipinski definition) is 6. The van der Waals surface area contributed by atoms with Crippen LogP contribution >= 0.6 is 11.6 Å². The monoisotopic (exact) mass is 403 g/mol. The SMILES string of the molecule is O=C(COC(=O)c1ccc(Cl)c([N+](=O)[O-])c1)Nc1ccc(N2CCCC2)cc1. The van der Waals surface area contributed by atoms with E-state index in [9.17, 15) is 19.7 Å². The van der Waals surface area contributed by atoms with Gasteiger partial charge in [0.1, 0.15) is 5.02 Å². The first kappa shape index (κ1) is 19.6. The maximum Gasteiger partial charge on any atom is 0.338 e. The summed E-state index contributed by atoms with van der Waals surface area (Å²) in [5, 5.41) is 13.4. The van der Waals surface area contributed by atoms with Crippen LogP contribution < -0.4 is 10.2 Å². The summed E-state index contributed by atoms with van der Waals surface area (Å²) in [6.45, 7) is 1.55. The second-order valence-electron chi connectivity index (χ2n) is 6.29. The number of amides is 1. The molecule has 0 unspecified atom stereocenters. The summed E-state index contributed by atoms with van der Waals surface area (Å²) in [6.07, 6.45) is 2.36. The number of rotatable bonds is 6. The highest BCUT2D eigenvalue weighted by Gasteiger charge is 2.18. The van der Waals surface area contributed by atoms with Crippen molar-refractivity contribution in [2.45, 2.75) is 12.8 Å². The van der Waals surface area contributed by atoms with Crippen LogP contribution in [0.3, 0.4) is 0 Å². The molecule has 1 saturated heterocycles. The van der Waals surface area contributed by atoms with Crippen molar-refractivity contribution in [3.8, 4) is 0 Å². The summed E-state index contributed by atoms with van der Waals surface area (Å²) < 4.78 is 4.92. The topological polar surface area (TPSA) is 102 Å². The van der Waals surface area contributed by atoms with Gasteiger partial charge in [0.2, 0.25) is 0 Å². The summed E-state index contributed by atoms with van der Waals surface area (Å²) in [5.74, 6) is -1.36. The molecule has 1 heterocycles. The molecule has 1 fully saturated rings. The van der Waals surface area contributed by atoms with E-state index in [1.807, 2.05) is 12.1 Å². The van der Waals surface area contributed by atoms with Crippen molar-refractivity contribution < 1.29 is 19.2 Å². The molecule has 28 heavy (non-hydrogen) atoms. The molecule has 8 nitrogen and oxygen atoms in total. The minimum absolute atomic E-state index is 0.0566.